The van der Waals surface area contributed by atoms with Gasteiger partial charge in [-0.15, -0.1) is 0 Å². The van der Waals surface area contributed by atoms with E-state index in [9.17, 15) is 4.79 Å². The molecule has 0 fully saturated rings. The molecule has 1 amide bonds. The van der Waals surface area contributed by atoms with Crippen molar-refractivity contribution in [1.29, 1.82) is 0 Å². The lowest BCUT2D eigenvalue weighted by atomic mass is 10.0. The summed E-state index contributed by atoms with van der Waals surface area (Å²) in [5.41, 5.74) is 16.7. The van der Waals surface area contributed by atoms with Crippen molar-refractivity contribution in [3.05, 3.63) is 42.5 Å². The van der Waals surface area contributed by atoms with E-state index in [4.69, 9.17) is 16.5 Å². The van der Waals surface area contributed by atoms with Crippen LogP contribution >= 0.6 is 0 Å². The first-order chi connectivity index (χ1) is 15.8. The van der Waals surface area contributed by atoms with Crippen LogP contribution in [0.15, 0.2) is 36.8 Å². The van der Waals surface area contributed by atoms with E-state index in [1.807, 2.05) is 31.3 Å². The standard InChI is InChI=1S/C22H24N10O/c1-11(2)32-8-15(13-5-4-6-16-14(13)7-25-29-16)19-20(24)27-22(28-21(19)32)26-17-9-31(10-18(23)33)30-12(17)3/h4-9,11H,10H2,1-3H3,(H2,23,33)(H,25,29)(H3,24,26,27,28). The summed E-state index contributed by atoms with van der Waals surface area (Å²) >= 11 is 0. The number of anilines is 3. The first-order valence-corrected chi connectivity index (χ1v) is 10.5. The number of nitrogens with one attached hydrogen (secondary N) is 2. The molecule has 0 atom stereocenters. The number of primary amides is 1. The van der Waals surface area contributed by atoms with E-state index in [-0.39, 0.29) is 12.6 Å². The summed E-state index contributed by atoms with van der Waals surface area (Å²) in [6, 6.07) is 6.15. The van der Waals surface area contributed by atoms with Crippen LogP contribution in [0.25, 0.3) is 33.1 Å². The quantitative estimate of drug-likeness (QED) is 0.313. The van der Waals surface area contributed by atoms with Crippen LogP contribution in [0, 0.1) is 6.92 Å². The lowest BCUT2D eigenvalue weighted by Crippen LogP contribution is -2.18. The van der Waals surface area contributed by atoms with Crippen molar-refractivity contribution in [3.63, 3.8) is 0 Å². The molecule has 6 N–H and O–H groups in total. The number of carbonyl (C=O) groups is 1. The summed E-state index contributed by atoms with van der Waals surface area (Å²) in [5.74, 6) is 0.232. The van der Waals surface area contributed by atoms with Gasteiger partial charge in [-0.1, -0.05) is 12.1 Å². The van der Waals surface area contributed by atoms with Gasteiger partial charge in [-0.25, -0.2) is 0 Å². The fraction of sp³-hybridized carbons (Fsp3) is 0.227. The summed E-state index contributed by atoms with van der Waals surface area (Å²) in [6.07, 6.45) is 5.56. The molecule has 1 aromatic carbocycles. The van der Waals surface area contributed by atoms with Gasteiger partial charge < -0.3 is 21.4 Å². The van der Waals surface area contributed by atoms with Crippen LogP contribution in [0.2, 0.25) is 0 Å². The third-order valence-electron chi connectivity index (χ3n) is 5.54. The number of aromatic nitrogens is 7. The molecule has 33 heavy (non-hydrogen) atoms. The Balaban J connectivity index is 1.64. The van der Waals surface area contributed by atoms with Crippen molar-refractivity contribution >= 4 is 45.3 Å². The van der Waals surface area contributed by atoms with Crippen molar-refractivity contribution < 1.29 is 4.79 Å². The second-order valence-electron chi connectivity index (χ2n) is 8.23. The normalized spacial score (nSPS) is 11.6. The lowest BCUT2D eigenvalue weighted by Gasteiger charge is -2.10. The Bertz CT molecular complexity index is 1510. The highest BCUT2D eigenvalue weighted by Crippen LogP contribution is 2.38. The van der Waals surface area contributed by atoms with Gasteiger partial charge in [0, 0.05) is 29.4 Å². The van der Waals surface area contributed by atoms with Crippen molar-refractivity contribution in [2.75, 3.05) is 11.1 Å². The van der Waals surface area contributed by atoms with Crippen LogP contribution in [0.4, 0.5) is 17.5 Å². The fourth-order valence-corrected chi connectivity index (χ4v) is 4.03. The molecule has 0 aliphatic rings. The van der Waals surface area contributed by atoms with Crippen LogP contribution in [0.3, 0.4) is 0 Å². The fourth-order valence-electron chi connectivity index (χ4n) is 4.03. The summed E-state index contributed by atoms with van der Waals surface area (Å²) in [7, 11) is 0. The average Bonchev–Trinajstić information content (AvgIpc) is 3.45. The number of benzene rings is 1. The van der Waals surface area contributed by atoms with Crippen LogP contribution in [-0.4, -0.2) is 40.4 Å². The Morgan fingerprint density at radius 1 is 1.21 bits per heavy atom. The Hall–Kier alpha value is -4.41. The Morgan fingerprint density at radius 3 is 2.79 bits per heavy atom. The summed E-state index contributed by atoms with van der Waals surface area (Å²) in [5, 5.41) is 16.4. The van der Waals surface area contributed by atoms with E-state index in [1.165, 1.54) is 4.68 Å². The molecule has 0 aliphatic carbocycles. The molecule has 5 rings (SSSR count). The Labute approximate surface area is 188 Å². The highest BCUT2D eigenvalue weighted by Gasteiger charge is 2.20. The Kier molecular flexibility index (Phi) is 4.73. The molecule has 4 heterocycles. The van der Waals surface area contributed by atoms with Crippen LogP contribution < -0.4 is 16.8 Å². The zero-order valence-electron chi connectivity index (χ0n) is 18.5. The lowest BCUT2D eigenvalue weighted by molar-refractivity contribution is -0.118. The average molecular weight is 445 g/mol. The van der Waals surface area contributed by atoms with Crippen molar-refractivity contribution in [1.82, 2.24) is 34.5 Å². The zero-order valence-corrected chi connectivity index (χ0v) is 18.5. The maximum absolute atomic E-state index is 11.2. The minimum atomic E-state index is -0.471. The minimum absolute atomic E-state index is 0.0102. The number of carbonyl (C=O) groups excluding carboxylic acids is 1. The van der Waals surface area contributed by atoms with Crippen molar-refractivity contribution in [2.24, 2.45) is 5.73 Å². The van der Waals surface area contributed by atoms with Gasteiger partial charge in [-0.3, -0.25) is 14.6 Å². The van der Waals surface area contributed by atoms with E-state index in [0.29, 0.717) is 23.1 Å². The topological polar surface area (TPSA) is 158 Å². The molecule has 0 saturated carbocycles. The van der Waals surface area contributed by atoms with E-state index in [0.717, 1.165) is 33.1 Å². The number of hydrogen-bond donors (Lipinski definition) is 4. The molecule has 0 saturated heterocycles. The molecule has 0 unspecified atom stereocenters. The maximum atomic E-state index is 11.2. The second-order valence-corrected chi connectivity index (χ2v) is 8.23. The number of H-pyrrole nitrogens is 1. The largest absolute Gasteiger partial charge is 0.383 e. The minimum Gasteiger partial charge on any atom is -0.383 e. The number of rotatable bonds is 6. The highest BCUT2D eigenvalue weighted by molar-refractivity contribution is 6.07. The van der Waals surface area contributed by atoms with Gasteiger partial charge in [0.15, 0.2) is 0 Å². The van der Waals surface area contributed by atoms with Gasteiger partial charge in [0.1, 0.15) is 18.0 Å². The second kappa shape index (κ2) is 7.62. The number of nitrogens with zero attached hydrogens (tertiary/aromatic N) is 6. The molecular weight excluding hydrogens is 420 g/mol. The number of aromatic amines is 1. The number of amides is 1. The first-order valence-electron chi connectivity index (χ1n) is 10.5. The summed E-state index contributed by atoms with van der Waals surface area (Å²) < 4.78 is 3.55. The van der Waals surface area contributed by atoms with Crippen molar-refractivity contribution in [3.8, 4) is 11.1 Å². The predicted molar refractivity (Wildman–Crippen MR) is 127 cm³/mol. The number of fused-ring (bicyclic) bond motifs is 2. The molecular formula is C22H24N10O. The first kappa shape index (κ1) is 20.5. The molecule has 0 spiro atoms. The highest BCUT2D eigenvalue weighted by atomic mass is 16.1. The molecule has 168 valence electrons. The molecule has 11 nitrogen and oxygen atoms in total. The Morgan fingerprint density at radius 2 is 2.03 bits per heavy atom. The monoisotopic (exact) mass is 444 g/mol. The van der Waals surface area contributed by atoms with Gasteiger partial charge in [-0.2, -0.15) is 20.2 Å². The third-order valence-corrected chi connectivity index (χ3v) is 5.54. The van der Waals surface area contributed by atoms with E-state index < -0.39 is 5.91 Å². The smallest absolute Gasteiger partial charge is 0.239 e. The molecule has 11 heteroatoms. The molecule has 5 aromatic rings. The molecule has 0 bridgehead atoms. The zero-order chi connectivity index (χ0) is 23.3. The van der Waals surface area contributed by atoms with Gasteiger partial charge in [0.05, 0.1) is 28.5 Å². The van der Waals surface area contributed by atoms with Gasteiger partial charge in [0.2, 0.25) is 11.9 Å². The molecule has 0 radical (unpaired) electrons. The number of nitrogens with two attached hydrogens (primary N) is 2. The van der Waals surface area contributed by atoms with Gasteiger partial charge in [-0.05, 0) is 32.4 Å². The van der Waals surface area contributed by atoms with E-state index in [2.05, 4.69) is 50.2 Å². The van der Waals surface area contributed by atoms with E-state index >= 15 is 0 Å². The maximum Gasteiger partial charge on any atom is 0.239 e. The third kappa shape index (κ3) is 3.53. The summed E-state index contributed by atoms with van der Waals surface area (Å²) in [6.45, 7) is 5.99. The number of hydrogen-bond acceptors (Lipinski definition) is 7. The SMILES string of the molecule is Cc1nn(CC(N)=O)cc1Nc1nc(N)c2c(-c3cccc4[nH]ncc34)cn(C(C)C)c2n1. The van der Waals surface area contributed by atoms with Crippen LogP contribution in [-0.2, 0) is 11.3 Å². The van der Waals surface area contributed by atoms with Crippen molar-refractivity contribution in [2.45, 2.75) is 33.4 Å². The van der Waals surface area contributed by atoms with Gasteiger partial charge in [0.25, 0.3) is 0 Å². The van der Waals surface area contributed by atoms with Gasteiger partial charge >= 0.3 is 0 Å². The molecule has 0 aliphatic heterocycles. The van der Waals surface area contributed by atoms with Crippen LogP contribution in [0.1, 0.15) is 25.6 Å². The number of aryl methyl sites for hydroxylation is 1. The molecule has 4 aromatic heterocycles. The van der Waals surface area contributed by atoms with E-state index in [1.54, 1.807) is 6.20 Å². The summed E-state index contributed by atoms with van der Waals surface area (Å²) in [4.78, 5) is 20.5. The predicted octanol–water partition coefficient (Wildman–Crippen LogP) is 2.87. The van der Waals surface area contributed by atoms with Crippen LogP contribution in [0.5, 0.6) is 0 Å². The number of nitrogen functional groups attached to an aromatic ring is 1.